The van der Waals surface area contributed by atoms with Gasteiger partial charge in [0.15, 0.2) is 0 Å². The van der Waals surface area contributed by atoms with Crippen LogP contribution in [0.3, 0.4) is 0 Å². The van der Waals surface area contributed by atoms with Crippen LogP contribution in [0.25, 0.3) is 22.2 Å². The van der Waals surface area contributed by atoms with Crippen molar-refractivity contribution in [2.45, 2.75) is 0 Å². The molecule has 9 nitrogen and oxygen atoms in total. The van der Waals surface area contributed by atoms with Crippen LogP contribution in [0.15, 0.2) is 48.7 Å². The smallest absolute Gasteiger partial charge is 0.251 e. The summed E-state index contributed by atoms with van der Waals surface area (Å²) in [5, 5.41) is 9.28. The molecule has 0 atom stereocenters. The Bertz CT molecular complexity index is 1350. The fraction of sp³-hybridized carbons (Fsp3) is 0.130. The molecule has 0 bridgehead atoms. The number of halogens is 1. The first-order valence-electron chi connectivity index (χ1n) is 9.99. The molecule has 0 aliphatic heterocycles. The van der Waals surface area contributed by atoms with Crippen molar-refractivity contribution < 1.29 is 14.3 Å². The van der Waals surface area contributed by atoms with E-state index in [4.69, 9.17) is 16.3 Å². The molecule has 0 fully saturated rings. The topological polar surface area (TPSA) is 121 Å². The van der Waals surface area contributed by atoms with Gasteiger partial charge in [0.1, 0.15) is 5.65 Å². The number of aromatic nitrogens is 3. The van der Waals surface area contributed by atoms with Gasteiger partial charge in [-0.2, -0.15) is 9.97 Å². The molecule has 168 valence electrons. The van der Waals surface area contributed by atoms with Crippen molar-refractivity contribution in [1.82, 2.24) is 25.6 Å². The summed E-state index contributed by atoms with van der Waals surface area (Å²) in [5.74, 6) is 0.258. The Balaban J connectivity index is 1.68. The Hall–Kier alpha value is -4.11. The number of rotatable bonds is 6. The van der Waals surface area contributed by atoms with Crippen LogP contribution < -0.4 is 20.7 Å². The molecule has 33 heavy (non-hydrogen) atoms. The molecule has 2 aromatic carbocycles. The summed E-state index contributed by atoms with van der Waals surface area (Å²) in [6.45, 7) is 0. The van der Waals surface area contributed by atoms with Crippen molar-refractivity contribution in [1.29, 1.82) is 0 Å². The first-order chi connectivity index (χ1) is 15.9. The van der Waals surface area contributed by atoms with E-state index < -0.39 is 0 Å². The molecule has 2 aromatic heterocycles. The van der Waals surface area contributed by atoms with Crippen LogP contribution in [0.4, 0.5) is 11.6 Å². The Kier molecular flexibility index (Phi) is 6.14. The van der Waals surface area contributed by atoms with Crippen molar-refractivity contribution in [2.75, 3.05) is 26.5 Å². The summed E-state index contributed by atoms with van der Waals surface area (Å²) < 4.78 is 5.54. The lowest BCUT2D eigenvalue weighted by Gasteiger charge is -2.11. The van der Waals surface area contributed by atoms with Gasteiger partial charge in [-0.1, -0.05) is 23.7 Å². The Labute approximate surface area is 194 Å². The van der Waals surface area contributed by atoms with Crippen molar-refractivity contribution in [3.8, 4) is 17.0 Å². The third-order valence-corrected chi connectivity index (χ3v) is 5.39. The predicted octanol–water partition coefficient (Wildman–Crippen LogP) is 3.75. The largest absolute Gasteiger partial charge is 0.480 e. The number of aromatic amines is 1. The lowest BCUT2D eigenvalue weighted by molar-refractivity contribution is 0.0955. The summed E-state index contributed by atoms with van der Waals surface area (Å²) in [6.07, 6.45) is 1.81. The molecule has 0 radical (unpaired) electrons. The molecule has 4 aromatic rings. The van der Waals surface area contributed by atoms with Gasteiger partial charge in [0.25, 0.3) is 11.8 Å². The summed E-state index contributed by atoms with van der Waals surface area (Å²) >= 11 is 6.34. The second-order valence-corrected chi connectivity index (χ2v) is 7.44. The van der Waals surface area contributed by atoms with E-state index in [1.54, 1.807) is 44.4 Å². The lowest BCUT2D eigenvalue weighted by Crippen LogP contribution is -2.17. The number of carbonyl (C=O) groups is 2. The van der Waals surface area contributed by atoms with Crippen LogP contribution in [0.2, 0.25) is 5.02 Å². The van der Waals surface area contributed by atoms with E-state index in [9.17, 15) is 9.59 Å². The number of hydrogen-bond donors (Lipinski definition) is 4. The van der Waals surface area contributed by atoms with E-state index in [-0.39, 0.29) is 17.8 Å². The van der Waals surface area contributed by atoms with Crippen LogP contribution in [-0.2, 0) is 0 Å². The molecule has 0 spiro atoms. The minimum Gasteiger partial charge on any atom is -0.480 e. The normalized spacial score (nSPS) is 10.7. The molecular formula is C23H21ClN6O3. The molecule has 0 saturated heterocycles. The monoisotopic (exact) mass is 464 g/mol. The van der Waals surface area contributed by atoms with Gasteiger partial charge in [-0.15, -0.1) is 0 Å². The number of anilines is 2. The average molecular weight is 465 g/mol. The van der Waals surface area contributed by atoms with E-state index in [1.807, 2.05) is 18.3 Å². The number of carbonyl (C=O) groups excluding carboxylic acids is 2. The maximum Gasteiger partial charge on any atom is 0.251 e. The van der Waals surface area contributed by atoms with E-state index in [2.05, 4.69) is 30.9 Å². The minimum absolute atomic E-state index is 0.154. The molecule has 0 saturated carbocycles. The second kappa shape index (κ2) is 9.17. The molecule has 10 heteroatoms. The number of benzene rings is 2. The van der Waals surface area contributed by atoms with Crippen LogP contribution in [0.1, 0.15) is 20.7 Å². The summed E-state index contributed by atoms with van der Waals surface area (Å²) in [4.78, 5) is 35.8. The van der Waals surface area contributed by atoms with E-state index in [0.29, 0.717) is 38.8 Å². The van der Waals surface area contributed by atoms with Crippen molar-refractivity contribution in [3.05, 3.63) is 64.8 Å². The van der Waals surface area contributed by atoms with Crippen LogP contribution in [0.5, 0.6) is 5.88 Å². The van der Waals surface area contributed by atoms with Gasteiger partial charge in [-0.05, 0) is 35.9 Å². The van der Waals surface area contributed by atoms with E-state index >= 15 is 0 Å². The second-order valence-electron chi connectivity index (χ2n) is 7.04. The molecule has 0 unspecified atom stereocenters. The van der Waals surface area contributed by atoms with Crippen LogP contribution in [0, 0.1) is 0 Å². The van der Waals surface area contributed by atoms with Crippen molar-refractivity contribution in [2.24, 2.45) is 0 Å². The third-order valence-electron chi connectivity index (χ3n) is 5.08. The Morgan fingerprint density at radius 3 is 2.27 bits per heavy atom. The zero-order valence-corrected chi connectivity index (χ0v) is 18.9. The number of nitrogens with zero attached hydrogens (tertiary/aromatic N) is 2. The number of amides is 2. The number of methoxy groups -OCH3 is 1. The van der Waals surface area contributed by atoms with Crippen molar-refractivity contribution in [3.63, 3.8) is 0 Å². The van der Waals surface area contributed by atoms with Crippen molar-refractivity contribution >= 4 is 46.1 Å². The van der Waals surface area contributed by atoms with Crippen LogP contribution >= 0.6 is 11.6 Å². The highest BCUT2D eigenvalue weighted by atomic mass is 35.5. The molecule has 0 aliphatic carbocycles. The highest BCUT2D eigenvalue weighted by Crippen LogP contribution is 2.35. The summed E-state index contributed by atoms with van der Waals surface area (Å²) in [7, 11) is 4.67. The van der Waals surface area contributed by atoms with Gasteiger partial charge < -0.3 is 25.7 Å². The number of hydrogen-bond acceptors (Lipinski definition) is 6. The molecule has 4 rings (SSSR count). The van der Waals surface area contributed by atoms with E-state index in [0.717, 1.165) is 11.1 Å². The lowest BCUT2D eigenvalue weighted by atomic mass is 10.0. The Morgan fingerprint density at radius 2 is 1.64 bits per heavy atom. The molecule has 2 amide bonds. The minimum atomic E-state index is -0.231. The maximum atomic E-state index is 11.8. The highest BCUT2D eigenvalue weighted by Gasteiger charge is 2.17. The third kappa shape index (κ3) is 4.31. The fourth-order valence-corrected chi connectivity index (χ4v) is 3.63. The summed E-state index contributed by atoms with van der Waals surface area (Å²) in [6, 6.07) is 12.1. The van der Waals surface area contributed by atoms with Gasteiger partial charge in [-0.3, -0.25) is 9.59 Å². The molecular weight excluding hydrogens is 444 g/mol. The van der Waals surface area contributed by atoms with Crippen LogP contribution in [-0.4, -0.2) is 48.0 Å². The SMILES string of the molecule is CNC(=O)c1ccc(-c2c[nH]c3nc(Nc4ccc(C(=O)NC)cc4Cl)nc(OC)c23)cc1. The maximum absolute atomic E-state index is 11.8. The fourth-order valence-electron chi connectivity index (χ4n) is 3.40. The Morgan fingerprint density at radius 1 is 0.970 bits per heavy atom. The molecule has 2 heterocycles. The first-order valence-corrected chi connectivity index (χ1v) is 10.4. The molecule has 4 N–H and O–H groups in total. The van der Waals surface area contributed by atoms with E-state index in [1.165, 1.54) is 7.11 Å². The standard InChI is InChI=1S/C23H21ClN6O3/c1-25-20(31)13-6-4-12(5-7-13)15-11-27-19-18(15)22(33-3)30-23(29-19)28-17-9-8-14(10-16(17)24)21(32)26-2/h4-11H,1-3H3,(H,25,31)(H,26,32)(H2,27,28,29,30). The van der Waals surface area contributed by atoms with Gasteiger partial charge >= 0.3 is 0 Å². The van der Waals surface area contributed by atoms with Gasteiger partial charge in [0.05, 0.1) is 23.2 Å². The quantitative estimate of drug-likeness (QED) is 0.345. The number of fused-ring (bicyclic) bond motifs is 1. The number of ether oxygens (including phenoxy) is 1. The predicted molar refractivity (Wildman–Crippen MR) is 127 cm³/mol. The zero-order chi connectivity index (χ0) is 23.5. The number of H-pyrrole nitrogens is 1. The van der Waals surface area contributed by atoms with Gasteiger partial charge in [0, 0.05) is 37.0 Å². The summed E-state index contributed by atoms with van der Waals surface area (Å²) in [5.41, 5.74) is 3.83. The average Bonchev–Trinajstić information content (AvgIpc) is 3.28. The number of nitrogens with one attached hydrogen (secondary N) is 4. The zero-order valence-electron chi connectivity index (χ0n) is 18.1. The first kappa shape index (κ1) is 22.1. The highest BCUT2D eigenvalue weighted by molar-refractivity contribution is 6.33. The van der Waals surface area contributed by atoms with Gasteiger partial charge in [0.2, 0.25) is 11.8 Å². The van der Waals surface area contributed by atoms with Gasteiger partial charge in [-0.25, -0.2) is 0 Å². The molecule has 0 aliphatic rings.